The van der Waals surface area contributed by atoms with Crippen LogP contribution in [0.1, 0.15) is 39.5 Å². The summed E-state index contributed by atoms with van der Waals surface area (Å²) < 4.78 is 11.0. The van der Waals surface area contributed by atoms with Gasteiger partial charge >= 0.3 is 0 Å². The molecular formula is C12H25NO2. The van der Waals surface area contributed by atoms with E-state index in [0.29, 0.717) is 18.2 Å². The van der Waals surface area contributed by atoms with Gasteiger partial charge in [-0.05, 0) is 39.2 Å². The van der Waals surface area contributed by atoms with Gasteiger partial charge in [-0.25, -0.2) is 0 Å². The lowest BCUT2D eigenvalue weighted by atomic mass is 10.0. The molecule has 0 bridgehead atoms. The first-order valence-corrected chi connectivity index (χ1v) is 6.15. The summed E-state index contributed by atoms with van der Waals surface area (Å²) >= 11 is 0. The molecule has 0 aromatic rings. The molecule has 1 fully saturated rings. The van der Waals surface area contributed by atoms with Gasteiger partial charge in [0.2, 0.25) is 0 Å². The lowest BCUT2D eigenvalue weighted by Crippen LogP contribution is -2.40. The molecule has 3 heteroatoms. The first kappa shape index (κ1) is 12.9. The zero-order valence-corrected chi connectivity index (χ0v) is 10.3. The van der Waals surface area contributed by atoms with Crippen molar-refractivity contribution in [3.63, 3.8) is 0 Å². The molecule has 90 valence electrons. The summed E-state index contributed by atoms with van der Waals surface area (Å²) in [6.45, 7) is 6.19. The van der Waals surface area contributed by atoms with Crippen LogP contribution in [0.2, 0.25) is 0 Å². The lowest BCUT2D eigenvalue weighted by molar-refractivity contribution is 0.0284. The predicted molar refractivity (Wildman–Crippen MR) is 62.1 cm³/mol. The van der Waals surface area contributed by atoms with Crippen LogP contribution in [0.4, 0.5) is 0 Å². The minimum Gasteiger partial charge on any atom is -0.385 e. The molecular weight excluding hydrogens is 190 g/mol. The van der Waals surface area contributed by atoms with E-state index in [-0.39, 0.29) is 0 Å². The van der Waals surface area contributed by atoms with E-state index in [0.717, 1.165) is 26.0 Å². The molecule has 0 aromatic heterocycles. The molecule has 15 heavy (non-hydrogen) atoms. The monoisotopic (exact) mass is 215 g/mol. The minimum atomic E-state index is 0.414. The van der Waals surface area contributed by atoms with E-state index in [1.807, 2.05) is 0 Å². The van der Waals surface area contributed by atoms with Crippen molar-refractivity contribution in [1.29, 1.82) is 0 Å². The molecule has 3 unspecified atom stereocenters. The molecule has 0 saturated carbocycles. The number of nitrogens with one attached hydrogen (secondary N) is 1. The second-order valence-electron chi connectivity index (χ2n) is 4.36. The van der Waals surface area contributed by atoms with Crippen molar-refractivity contribution >= 4 is 0 Å². The van der Waals surface area contributed by atoms with Crippen LogP contribution in [0, 0.1) is 0 Å². The van der Waals surface area contributed by atoms with Gasteiger partial charge in [-0.1, -0.05) is 6.92 Å². The number of likely N-dealkylation sites (N-methyl/N-ethyl adjacent to an activating group) is 1. The number of ether oxygens (including phenoxy) is 2. The van der Waals surface area contributed by atoms with Crippen LogP contribution in [0.5, 0.6) is 0 Å². The summed E-state index contributed by atoms with van der Waals surface area (Å²) in [5, 5.41) is 3.52. The minimum absolute atomic E-state index is 0.414. The number of hydrogen-bond donors (Lipinski definition) is 1. The maximum absolute atomic E-state index is 5.90. The Kier molecular flexibility index (Phi) is 6.22. The largest absolute Gasteiger partial charge is 0.385 e. The van der Waals surface area contributed by atoms with Crippen LogP contribution in [0.3, 0.4) is 0 Å². The highest BCUT2D eigenvalue weighted by Crippen LogP contribution is 2.23. The standard InChI is InChI=1S/C12H25NO2/c1-4-13-11(6-5-9-14-3)12-8-7-10(2)15-12/h10-13H,4-9H2,1-3H3. The third-order valence-electron chi connectivity index (χ3n) is 3.04. The molecule has 1 heterocycles. The Morgan fingerprint density at radius 1 is 1.47 bits per heavy atom. The van der Waals surface area contributed by atoms with Gasteiger partial charge in [-0.2, -0.15) is 0 Å². The van der Waals surface area contributed by atoms with Crippen molar-refractivity contribution in [3.8, 4) is 0 Å². The highest BCUT2D eigenvalue weighted by Gasteiger charge is 2.28. The Labute approximate surface area is 93.5 Å². The molecule has 1 N–H and O–H groups in total. The molecule has 1 aliphatic heterocycles. The zero-order chi connectivity index (χ0) is 11.1. The molecule has 0 aromatic carbocycles. The van der Waals surface area contributed by atoms with Gasteiger partial charge in [-0.3, -0.25) is 0 Å². The van der Waals surface area contributed by atoms with Gasteiger partial charge in [0.1, 0.15) is 0 Å². The van der Waals surface area contributed by atoms with Crippen molar-refractivity contribution < 1.29 is 9.47 Å². The molecule has 1 aliphatic rings. The molecule has 1 rings (SSSR count). The van der Waals surface area contributed by atoms with Crippen molar-refractivity contribution in [2.24, 2.45) is 0 Å². The molecule has 3 nitrogen and oxygen atoms in total. The van der Waals surface area contributed by atoms with E-state index in [9.17, 15) is 0 Å². The Morgan fingerprint density at radius 3 is 2.80 bits per heavy atom. The van der Waals surface area contributed by atoms with E-state index >= 15 is 0 Å². The average molecular weight is 215 g/mol. The molecule has 0 aliphatic carbocycles. The molecule has 1 saturated heterocycles. The molecule has 3 atom stereocenters. The van der Waals surface area contributed by atoms with Crippen LogP contribution in [-0.4, -0.2) is 38.5 Å². The van der Waals surface area contributed by atoms with Gasteiger partial charge < -0.3 is 14.8 Å². The van der Waals surface area contributed by atoms with E-state index in [1.165, 1.54) is 12.8 Å². The van der Waals surface area contributed by atoms with Crippen LogP contribution >= 0.6 is 0 Å². The number of hydrogen-bond acceptors (Lipinski definition) is 3. The maximum atomic E-state index is 5.90. The predicted octanol–water partition coefficient (Wildman–Crippen LogP) is 1.96. The maximum Gasteiger partial charge on any atom is 0.0732 e. The number of rotatable bonds is 7. The Bertz CT molecular complexity index is 164. The quantitative estimate of drug-likeness (QED) is 0.659. The van der Waals surface area contributed by atoms with Gasteiger partial charge in [0, 0.05) is 19.8 Å². The second-order valence-corrected chi connectivity index (χ2v) is 4.36. The fourth-order valence-corrected chi connectivity index (χ4v) is 2.26. The van der Waals surface area contributed by atoms with E-state index < -0.39 is 0 Å². The number of methoxy groups -OCH3 is 1. The molecule has 0 amide bonds. The highest BCUT2D eigenvalue weighted by molar-refractivity contribution is 4.82. The molecule has 0 spiro atoms. The molecule has 0 radical (unpaired) electrons. The van der Waals surface area contributed by atoms with Gasteiger partial charge in [0.05, 0.1) is 12.2 Å². The Hall–Kier alpha value is -0.120. The van der Waals surface area contributed by atoms with Crippen LogP contribution in [0.15, 0.2) is 0 Å². The van der Waals surface area contributed by atoms with Crippen molar-refractivity contribution in [2.75, 3.05) is 20.3 Å². The van der Waals surface area contributed by atoms with Crippen molar-refractivity contribution in [3.05, 3.63) is 0 Å². The normalized spacial score (nSPS) is 28.2. The van der Waals surface area contributed by atoms with Crippen molar-refractivity contribution in [2.45, 2.75) is 57.8 Å². The lowest BCUT2D eigenvalue weighted by Gasteiger charge is -2.24. The zero-order valence-electron chi connectivity index (χ0n) is 10.3. The SMILES string of the molecule is CCNC(CCCOC)C1CCC(C)O1. The Morgan fingerprint density at radius 2 is 2.27 bits per heavy atom. The van der Waals surface area contributed by atoms with Crippen molar-refractivity contribution in [1.82, 2.24) is 5.32 Å². The Balaban J connectivity index is 2.28. The summed E-state index contributed by atoms with van der Waals surface area (Å²) in [5.74, 6) is 0. The fourth-order valence-electron chi connectivity index (χ4n) is 2.26. The first-order chi connectivity index (χ1) is 7.27. The van der Waals surface area contributed by atoms with E-state index in [2.05, 4.69) is 19.2 Å². The van der Waals surface area contributed by atoms with Gasteiger partial charge in [0.25, 0.3) is 0 Å². The average Bonchev–Trinajstić information content (AvgIpc) is 2.64. The van der Waals surface area contributed by atoms with Crippen LogP contribution in [0.25, 0.3) is 0 Å². The van der Waals surface area contributed by atoms with Gasteiger partial charge in [0.15, 0.2) is 0 Å². The third kappa shape index (κ3) is 4.49. The smallest absolute Gasteiger partial charge is 0.0732 e. The summed E-state index contributed by atoms with van der Waals surface area (Å²) in [7, 11) is 1.76. The summed E-state index contributed by atoms with van der Waals surface area (Å²) in [5.41, 5.74) is 0. The topological polar surface area (TPSA) is 30.5 Å². The summed E-state index contributed by atoms with van der Waals surface area (Å²) in [4.78, 5) is 0. The van der Waals surface area contributed by atoms with Crippen LogP contribution < -0.4 is 5.32 Å². The van der Waals surface area contributed by atoms with Crippen LogP contribution in [-0.2, 0) is 9.47 Å². The van der Waals surface area contributed by atoms with E-state index in [4.69, 9.17) is 9.47 Å². The fraction of sp³-hybridized carbons (Fsp3) is 1.00. The summed E-state index contributed by atoms with van der Waals surface area (Å²) in [6.07, 6.45) is 5.53. The highest BCUT2D eigenvalue weighted by atomic mass is 16.5. The third-order valence-corrected chi connectivity index (χ3v) is 3.04. The van der Waals surface area contributed by atoms with Gasteiger partial charge in [-0.15, -0.1) is 0 Å². The first-order valence-electron chi connectivity index (χ1n) is 6.15. The second kappa shape index (κ2) is 7.20. The summed E-state index contributed by atoms with van der Waals surface area (Å²) in [6, 6.07) is 0.509. The van der Waals surface area contributed by atoms with E-state index in [1.54, 1.807) is 7.11 Å².